The zero-order valence-corrected chi connectivity index (χ0v) is 11.3. The molecule has 0 aliphatic carbocycles. The number of aromatic nitrogens is 1. The molecule has 0 amide bonds. The summed E-state index contributed by atoms with van der Waals surface area (Å²) < 4.78 is 40.4. The van der Waals surface area contributed by atoms with Crippen molar-refractivity contribution in [2.75, 3.05) is 6.61 Å². The van der Waals surface area contributed by atoms with E-state index in [0.29, 0.717) is 12.2 Å². The number of ether oxygens (including phenoxy) is 1. The molecular formula is C13H19F3N2O. The summed E-state index contributed by atoms with van der Waals surface area (Å²) >= 11 is 0. The molecule has 6 heteroatoms. The predicted octanol–water partition coefficient (Wildman–Crippen LogP) is 3.05. The van der Waals surface area contributed by atoms with Crippen LogP contribution in [0.1, 0.15) is 32.2 Å². The summed E-state index contributed by atoms with van der Waals surface area (Å²) in [6.45, 7) is 5.27. The molecule has 1 heterocycles. The lowest BCUT2D eigenvalue weighted by atomic mass is 10.1. The predicted molar refractivity (Wildman–Crippen MR) is 66.5 cm³/mol. The van der Waals surface area contributed by atoms with E-state index < -0.39 is 12.8 Å². The molecule has 0 atom stereocenters. The van der Waals surface area contributed by atoms with Crippen LogP contribution < -0.4 is 5.32 Å². The maximum atomic E-state index is 11.9. The molecule has 0 fully saturated rings. The van der Waals surface area contributed by atoms with Gasteiger partial charge in [-0.1, -0.05) is 6.07 Å². The smallest absolute Gasteiger partial charge is 0.366 e. The van der Waals surface area contributed by atoms with Crippen LogP contribution in [0, 0.1) is 0 Å². The van der Waals surface area contributed by atoms with Crippen LogP contribution in [-0.2, 0) is 17.9 Å². The minimum atomic E-state index is -4.30. The average molecular weight is 276 g/mol. The van der Waals surface area contributed by atoms with Gasteiger partial charge in [-0.05, 0) is 32.9 Å². The topological polar surface area (TPSA) is 34.1 Å². The average Bonchev–Trinajstić information content (AvgIpc) is 2.24. The molecule has 1 N–H and O–H groups in total. The van der Waals surface area contributed by atoms with Gasteiger partial charge in [0.05, 0.1) is 18.0 Å². The van der Waals surface area contributed by atoms with E-state index in [1.807, 2.05) is 26.8 Å². The van der Waals surface area contributed by atoms with Gasteiger partial charge >= 0.3 is 6.18 Å². The number of nitrogens with one attached hydrogen (secondary N) is 1. The first-order valence-electron chi connectivity index (χ1n) is 6.00. The van der Waals surface area contributed by atoms with Crippen molar-refractivity contribution in [2.24, 2.45) is 0 Å². The molecule has 0 spiro atoms. The number of halogens is 3. The quantitative estimate of drug-likeness (QED) is 0.897. The first-order valence-corrected chi connectivity index (χ1v) is 6.00. The van der Waals surface area contributed by atoms with Crippen LogP contribution in [-0.4, -0.2) is 23.3 Å². The van der Waals surface area contributed by atoms with Crippen LogP contribution in [0.3, 0.4) is 0 Å². The van der Waals surface area contributed by atoms with Crippen LogP contribution in [0.4, 0.5) is 13.2 Å². The van der Waals surface area contributed by atoms with Crippen molar-refractivity contribution in [3.05, 3.63) is 29.6 Å². The Morgan fingerprint density at radius 1 is 1.16 bits per heavy atom. The molecule has 108 valence electrons. The highest BCUT2D eigenvalue weighted by molar-refractivity contribution is 5.10. The summed E-state index contributed by atoms with van der Waals surface area (Å²) in [5.41, 5.74) is 1.24. The standard InChI is InChI=1S/C13H19F3N2O/c1-12(2,3)17-7-10-5-4-6-11(18-10)8-19-9-13(14,15)16/h4-6,17H,7-9H2,1-3H3. The minimum Gasteiger partial charge on any atom is -0.366 e. The Morgan fingerprint density at radius 3 is 2.37 bits per heavy atom. The molecule has 0 saturated heterocycles. The van der Waals surface area contributed by atoms with E-state index in [1.54, 1.807) is 12.1 Å². The first-order chi connectivity index (χ1) is 8.66. The van der Waals surface area contributed by atoms with E-state index >= 15 is 0 Å². The third kappa shape index (κ3) is 7.79. The van der Waals surface area contributed by atoms with E-state index in [1.165, 1.54) is 0 Å². The Labute approximate surface area is 111 Å². The van der Waals surface area contributed by atoms with E-state index in [2.05, 4.69) is 15.0 Å². The van der Waals surface area contributed by atoms with Crippen molar-refractivity contribution < 1.29 is 17.9 Å². The number of pyridine rings is 1. The molecule has 1 aromatic rings. The Hall–Kier alpha value is -1.14. The molecular weight excluding hydrogens is 257 g/mol. The first kappa shape index (κ1) is 15.9. The lowest BCUT2D eigenvalue weighted by Gasteiger charge is -2.20. The Bertz CT molecular complexity index is 400. The van der Waals surface area contributed by atoms with E-state index in [9.17, 15) is 13.2 Å². The van der Waals surface area contributed by atoms with Gasteiger partial charge in [0.1, 0.15) is 6.61 Å². The highest BCUT2D eigenvalue weighted by atomic mass is 19.4. The van der Waals surface area contributed by atoms with Crippen molar-refractivity contribution in [1.29, 1.82) is 0 Å². The van der Waals surface area contributed by atoms with Gasteiger partial charge in [0.15, 0.2) is 0 Å². The second-order valence-corrected chi connectivity index (χ2v) is 5.33. The number of hydrogen-bond donors (Lipinski definition) is 1. The Morgan fingerprint density at radius 2 is 1.79 bits per heavy atom. The lowest BCUT2D eigenvalue weighted by Crippen LogP contribution is -2.35. The molecule has 0 aliphatic heterocycles. The number of hydrogen-bond acceptors (Lipinski definition) is 3. The molecule has 0 aromatic carbocycles. The molecule has 0 radical (unpaired) electrons. The largest absolute Gasteiger partial charge is 0.411 e. The fraction of sp³-hybridized carbons (Fsp3) is 0.615. The summed E-state index contributed by atoms with van der Waals surface area (Å²) in [6.07, 6.45) is -4.30. The molecule has 0 aliphatic rings. The fourth-order valence-corrected chi connectivity index (χ4v) is 1.34. The van der Waals surface area contributed by atoms with Gasteiger partial charge in [0, 0.05) is 12.1 Å². The summed E-state index contributed by atoms with van der Waals surface area (Å²) in [5.74, 6) is 0. The maximum absolute atomic E-state index is 11.9. The molecule has 0 unspecified atom stereocenters. The van der Waals surface area contributed by atoms with E-state index in [0.717, 1.165) is 5.69 Å². The molecule has 0 bridgehead atoms. The Kier molecular flexibility index (Phi) is 5.31. The SMILES string of the molecule is CC(C)(C)NCc1cccc(COCC(F)(F)F)n1. The molecule has 1 aromatic heterocycles. The van der Waals surface area contributed by atoms with Gasteiger partial charge in [-0.3, -0.25) is 4.98 Å². The van der Waals surface area contributed by atoms with Gasteiger partial charge in [-0.2, -0.15) is 13.2 Å². The second-order valence-electron chi connectivity index (χ2n) is 5.33. The van der Waals surface area contributed by atoms with Crippen molar-refractivity contribution in [2.45, 2.75) is 45.6 Å². The third-order valence-electron chi connectivity index (χ3n) is 2.18. The van der Waals surface area contributed by atoms with Crippen LogP contribution in [0.25, 0.3) is 0 Å². The summed E-state index contributed by atoms with van der Waals surface area (Å²) in [5, 5.41) is 3.26. The zero-order chi connectivity index (χ0) is 14.5. The molecule has 0 saturated carbocycles. The van der Waals surface area contributed by atoms with E-state index in [-0.39, 0.29) is 12.1 Å². The highest BCUT2D eigenvalue weighted by Gasteiger charge is 2.27. The van der Waals surface area contributed by atoms with Crippen molar-refractivity contribution in [1.82, 2.24) is 10.3 Å². The van der Waals surface area contributed by atoms with Crippen LogP contribution >= 0.6 is 0 Å². The normalized spacial score (nSPS) is 12.7. The molecule has 1 rings (SSSR count). The number of rotatable bonds is 5. The summed E-state index contributed by atoms with van der Waals surface area (Å²) in [7, 11) is 0. The van der Waals surface area contributed by atoms with Gasteiger partial charge in [-0.15, -0.1) is 0 Å². The van der Waals surface area contributed by atoms with Crippen molar-refractivity contribution >= 4 is 0 Å². The van der Waals surface area contributed by atoms with E-state index in [4.69, 9.17) is 0 Å². The van der Waals surface area contributed by atoms with Crippen molar-refractivity contribution in [3.63, 3.8) is 0 Å². The minimum absolute atomic E-state index is 0.0372. The number of alkyl halides is 3. The summed E-state index contributed by atoms with van der Waals surface area (Å²) in [4.78, 5) is 4.24. The van der Waals surface area contributed by atoms with Crippen LogP contribution in [0.15, 0.2) is 18.2 Å². The highest BCUT2D eigenvalue weighted by Crippen LogP contribution is 2.15. The Balaban J connectivity index is 2.48. The van der Waals surface area contributed by atoms with Crippen molar-refractivity contribution in [3.8, 4) is 0 Å². The van der Waals surface area contributed by atoms with Gasteiger partial charge in [0.2, 0.25) is 0 Å². The third-order valence-corrected chi connectivity index (χ3v) is 2.18. The monoisotopic (exact) mass is 276 g/mol. The maximum Gasteiger partial charge on any atom is 0.411 e. The zero-order valence-electron chi connectivity index (χ0n) is 11.3. The fourth-order valence-electron chi connectivity index (χ4n) is 1.34. The van der Waals surface area contributed by atoms with Crippen LogP contribution in [0.2, 0.25) is 0 Å². The summed E-state index contributed by atoms with van der Waals surface area (Å²) in [6, 6.07) is 5.24. The van der Waals surface area contributed by atoms with Gasteiger partial charge in [-0.25, -0.2) is 0 Å². The van der Waals surface area contributed by atoms with Crippen LogP contribution in [0.5, 0.6) is 0 Å². The molecule has 19 heavy (non-hydrogen) atoms. The van der Waals surface area contributed by atoms with Gasteiger partial charge in [0.25, 0.3) is 0 Å². The second kappa shape index (κ2) is 6.34. The van der Waals surface area contributed by atoms with Gasteiger partial charge < -0.3 is 10.1 Å². The number of nitrogens with zero attached hydrogens (tertiary/aromatic N) is 1. The lowest BCUT2D eigenvalue weighted by molar-refractivity contribution is -0.176. The molecule has 3 nitrogen and oxygen atoms in total.